The monoisotopic (exact) mass is 313 g/mol. The molecule has 112 valence electrons. The van der Waals surface area contributed by atoms with E-state index in [4.69, 9.17) is 11.6 Å². The maximum Gasteiger partial charge on any atom is 0.163 e. The van der Waals surface area contributed by atoms with Gasteiger partial charge in [0.15, 0.2) is 11.6 Å². The van der Waals surface area contributed by atoms with Gasteiger partial charge in [0.2, 0.25) is 0 Å². The van der Waals surface area contributed by atoms with E-state index in [9.17, 15) is 13.2 Å². The van der Waals surface area contributed by atoms with Crippen LogP contribution in [0.1, 0.15) is 22.7 Å². The molecule has 2 aromatic carbocycles. The third-order valence-electron chi connectivity index (χ3n) is 3.47. The molecule has 1 nitrogen and oxygen atoms in total. The molecule has 2 aromatic rings. The van der Waals surface area contributed by atoms with Crippen LogP contribution >= 0.6 is 11.6 Å². The Morgan fingerprint density at radius 3 is 2.43 bits per heavy atom. The Labute approximate surface area is 126 Å². The lowest BCUT2D eigenvalue weighted by atomic mass is 9.97. The summed E-state index contributed by atoms with van der Waals surface area (Å²) < 4.78 is 40.8. The second-order valence-electron chi connectivity index (χ2n) is 4.88. The molecule has 1 N–H and O–H groups in total. The van der Waals surface area contributed by atoms with Gasteiger partial charge in [-0.2, -0.15) is 0 Å². The van der Waals surface area contributed by atoms with Gasteiger partial charge >= 0.3 is 0 Å². The highest BCUT2D eigenvalue weighted by Crippen LogP contribution is 2.27. The summed E-state index contributed by atoms with van der Waals surface area (Å²) in [7, 11) is 1.65. The van der Waals surface area contributed by atoms with Crippen LogP contribution in [0, 0.1) is 24.4 Å². The topological polar surface area (TPSA) is 12.0 Å². The summed E-state index contributed by atoms with van der Waals surface area (Å²) in [5, 5.41) is 3.20. The third kappa shape index (κ3) is 3.39. The molecule has 0 spiro atoms. The molecule has 0 aliphatic rings. The van der Waals surface area contributed by atoms with Crippen molar-refractivity contribution in [2.75, 3.05) is 7.05 Å². The zero-order valence-corrected chi connectivity index (χ0v) is 12.4. The molecule has 5 heteroatoms. The Kier molecular flexibility index (Phi) is 4.91. The molecule has 0 aromatic heterocycles. The highest BCUT2D eigenvalue weighted by molar-refractivity contribution is 6.31. The van der Waals surface area contributed by atoms with Gasteiger partial charge in [0.25, 0.3) is 0 Å². The molecule has 21 heavy (non-hydrogen) atoms. The first kappa shape index (κ1) is 15.9. The summed E-state index contributed by atoms with van der Waals surface area (Å²) in [6, 6.07) is 6.67. The Bertz CT molecular complexity index is 658. The largest absolute Gasteiger partial charge is 0.313 e. The van der Waals surface area contributed by atoms with Crippen LogP contribution in [0.3, 0.4) is 0 Å². The van der Waals surface area contributed by atoms with E-state index in [-0.39, 0.29) is 16.1 Å². The lowest BCUT2D eigenvalue weighted by molar-refractivity contribution is 0.469. The predicted molar refractivity (Wildman–Crippen MR) is 78.0 cm³/mol. The van der Waals surface area contributed by atoms with E-state index in [1.165, 1.54) is 25.1 Å². The van der Waals surface area contributed by atoms with Crippen molar-refractivity contribution in [3.63, 3.8) is 0 Å². The van der Waals surface area contributed by atoms with E-state index in [2.05, 4.69) is 5.32 Å². The number of likely N-dealkylation sites (N-methyl/N-ethyl adjacent to an activating group) is 1. The number of hydrogen-bond acceptors (Lipinski definition) is 1. The molecular formula is C16H15ClF3N. The normalized spacial score (nSPS) is 12.5. The molecule has 0 amide bonds. The van der Waals surface area contributed by atoms with Gasteiger partial charge in [-0.05, 0) is 43.7 Å². The minimum absolute atomic E-state index is 0.223. The van der Waals surface area contributed by atoms with Crippen LogP contribution in [-0.2, 0) is 6.42 Å². The first-order chi connectivity index (χ1) is 9.93. The van der Waals surface area contributed by atoms with Crippen LogP contribution in [0.4, 0.5) is 13.2 Å². The molecule has 0 radical (unpaired) electrons. The van der Waals surface area contributed by atoms with Crippen molar-refractivity contribution in [3.8, 4) is 0 Å². The SMILES string of the molecule is CNC(Cc1ccc(F)cc1Cl)c1ccc(C)c(F)c1F. The molecule has 0 aliphatic carbocycles. The first-order valence-electron chi connectivity index (χ1n) is 6.49. The van der Waals surface area contributed by atoms with Crippen molar-refractivity contribution in [2.24, 2.45) is 0 Å². The molecule has 0 aliphatic heterocycles. The van der Waals surface area contributed by atoms with Crippen molar-refractivity contribution < 1.29 is 13.2 Å². The summed E-state index contributed by atoms with van der Waals surface area (Å²) in [6.45, 7) is 1.51. The molecule has 0 heterocycles. The van der Waals surface area contributed by atoms with Crippen LogP contribution in [0.2, 0.25) is 5.02 Å². The highest BCUT2D eigenvalue weighted by atomic mass is 35.5. The number of aryl methyl sites for hydroxylation is 1. The first-order valence-corrected chi connectivity index (χ1v) is 6.87. The van der Waals surface area contributed by atoms with E-state index >= 15 is 0 Å². The van der Waals surface area contributed by atoms with Gasteiger partial charge in [0.05, 0.1) is 0 Å². The van der Waals surface area contributed by atoms with Crippen molar-refractivity contribution in [3.05, 3.63) is 69.5 Å². The lowest BCUT2D eigenvalue weighted by Crippen LogP contribution is -2.21. The average Bonchev–Trinajstić information content (AvgIpc) is 2.45. The fourth-order valence-corrected chi connectivity index (χ4v) is 2.45. The van der Waals surface area contributed by atoms with Gasteiger partial charge in [-0.15, -0.1) is 0 Å². The molecule has 2 rings (SSSR count). The van der Waals surface area contributed by atoms with Gasteiger partial charge < -0.3 is 5.32 Å². The number of nitrogens with one attached hydrogen (secondary N) is 1. The molecule has 0 fully saturated rings. The fraction of sp³-hybridized carbons (Fsp3) is 0.250. The molecular weight excluding hydrogens is 299 g/mol. The van der Waals surface area contributed by atoms with Crippen molar-refractivity contribution >= 4 is 11.6 Å². The lowest BCUT2D eigenvalue weighted by Gasteiger charge is -2.19. The van der Waals surface area contributed by atoms with Crippen molar-refractivity contribution in [1.82, 2.24) is 5.32 Å². The predicted octanol–water partition coefficient (Wildman–Crippen LogP) is 4.57. The summed E-state index contributed by atoms with van der Waals surface area (Å²) in [4.78, 5) is 0. The van der Waals surface area contributed by atoms with E-state index in [1.807, 2.05) is 0 Å². The second kappa shape index (κ2) is 6.50. The number of benzene rings is 2. The van der Waals surface area contributed by atoms with Crippen molar-refractivity contribution in [1.29, 1.82) is 0 Å². The van der Waals surface area contributed by atoms with Gasteiger partial charge in [-0.25, -0.2) is 13.2 Å². The van der Waals surface area contributed by atoms with Crippen LogP contribution in [0.5, 0.6) is 0 Å². The van der Waals surface area contributed by atoms with Gasteiger partial charge in [0.1, 0.15) is 5.82 Å². The number of halogens is 4. The van der Waals surface area contributed by atoms with Gasteiger partial charge in [-0.3, -0.25) is 0 Å². The quantitative estimate of drug-likeness (QED) is 0.872. The van der Waals surface area contributed by atoms with E-state index in [1.54, 1.807) is 19.2 Å². The summed E-state index contributed by atoms with van der Waals surface area (Å²) in [5.41, 5.74) is 1.14. The smallest absolute Gasteiger partial charge is 0.163 e. The summed E-state index contributed by atoms with van der Waals surface area (Å²) in [6.07, 6.45) is 0.328. The maximum absolute atomic E-state index is 14.1. The second-order valence-corrected chi connectivity index (χ2v) is 5.29. The summed E-state index contributed by atoms with van der Waals surface area (Å²) in [5.74, 6) is -2.15. The zero-order valence-electron chi connectivity index (χ0n) is 11.7. The van der Waals surface area contributed by atoms with Crippen molar-refractivity contribution in [2.45, 2.75) is 19.4 Å². The van der Waals surface area contributed by atoms with E-state index in [0.29, 0.717) is 12.0 Å². The Balaban J connectivity index is 2.34. The zero-order chi connectivity index (χ0) is 15.6. The Morgan fingerprint density at radius 2 is 1.81 bits per heavy atom. The standard InChI is InChI=1S/C16H15ClF3N/c1-9-3-6-12(16(20)15(9)19)14(21-2)7-10-4-5-11(18)8-13(10)17/h3-6,8,14,21H,7H2,1-2H3. The summed E-state index contributed by atoms with van der Waals surface area (Å²) >= 11 is 5.98. The number of hydrogen-bond donors (Lipinski definition) is 1. The van der Waals surface area contributed by atoms with Gasteiger partial charge in [-0.1, -0.05) is 29.8 Å². The van der Waals surface area contributed by atoms with Gasteiger partial charge in [0, 0.05) is 16.6 Å². The van der Waals surface area contributed by atoms with E-state index < -0.39 is 23.5 Å². The average molecular weight is 314 g/mol. The van der Waals surface area contributed by atoms with Crippen LogP contribution < -0.4 is 5.32 Å². The van der Waals surface area contributed by atoms with Crippen LogP contribution in [-0.4, -0.2) is 7.05 Å². The molecule has 0 bridgehead atoms. The Morgan fingerprint density at radius 1 is 1.10 bits per heavy atom. The molecule has 0 saturated carbocycles. The molecule has 0 saturated heterocycles. The molecule has 1 unspecified atom stereocenters. The van der Waals surface area contributed by atoms with Crippen LogP contribution in [0.15, 0.2) is 30.3 Å². The van der Waals surface area contributed by atoms with E-state index in [0.717, 1.165) is 0 Å². The number of rotatable bonds is 4. The maximum atomic E-state index is 14.1. The third-order valence-corrected chi connectivity index (χ3v) is 3.82. The minimum atomic E-state index is -0.868. The highest BCUT2D eigenvalue weighted by Gasteiger charge is 2.19. The fourth-order valence-electron chi connectivity index (χ4n) is 2.20. The molecule has 1 atom stereocenters. The minimum Gasteiger partial charge on any atom is -0.313 e. The van der Waals surface area contributed by atoms with Crippen LogP contribution in [0.25, 0.3) is 0 Å². The Hall–Kier alpha value is -1.52.